The van der Waals surface area contributed by atoms with Gasteiger partial charge in [-0.1, -0.05) is 72.8 Å². The average Bonchev–Trinajstić information content (AvgIpc) is 3.67. The topological polar surface area (TPSA) is 64.5 Å². The van der Waals surface area contributed by atoms with Crippen LogP contribution in [-0.4, -0.2) is 25.4 Å². The number of rotatable bonds is 2. The molecule has 240 valence electrons. The Bertz CT molecular complexity index is 3230. The third-order valence-corrected chi connectivity index (χ3v) is 11.6. The predicted molar refractivity (Wildman–Crippen MR) is 212 cm³/mol. The number of benzene rings is 8. The molecule has 0 radical (unpaired) electrons. The van der Waals surface area contributed by atoms with E-state index in [4.69, 9.17) is 0 Å². The quantitative estimate of drug-likeness (QED) is 0.173. The van der Waals surface area contributed by atoms with Gasteiger partial charge < -0.3 is 0 Å². The highest BCUT2D eigenvalue weighted by Crippen LogP contribution is 2.54. The highest BCUT2D eigenvalue weighted by molar-refractivity contribution is 6.29. The van der Waals surface area contributed by atoms with E-state index in [0.717, 1.165) is 33.6 Å². The second-order valence-corrected chi connectivity index (χ2v) is 14.2. The van der Waals surface area contributed by atoms with Crippen LogP contribution in [0.3, 0.4) is 0 Å². The zero-order valence-corrected chi connectivity index (χ0v) is 28.4. The van der Waals surface area contributed by atoms with E-state index >= 15 is 0 Å². The maximum Gasteiger partial charge on any atom is 0.115 e. The summed E-state index contributed by atoms with van der Waals surface area (Å²) in [4.78, 5) is 8.96. The Morgan fingerprint density at radius 1 is 0.385 bits per heavy atom. The first-order valence-electron chi connectivity index (χ1n) is 17.6. The summed E-state index contributed by atoms with van der Waals surface area (Å²) in [6.45, 7) is 4.08. The van der Waals surface area contributed by atoms with E-state index in [1.165, 1.54) is 98.4 Å². The van der Waals surface area contributed by atoms with Crippen LogP contribution in [0.15, 0.2) is 128 Å². The van der Waals surface area contributed by atoms with Crippen molar-refractivity contribution in [3.8, 4) is 66.8 Å². The van der Waals surface area contributed by atoms with Gasteiger partial charge in [0.05, 0.1) is 11.4 Å². The Labute approximate surface area is 298 Å². The summed E-state index contributed by atoms with van der Waals surface area (Å²) in [5.74, 6) is 0. The fourth-order valence-electron chi connectivity index (χ4n) is 9.40. The van der Waals surface area contributed by atoms with E-state index < -0.39 is 0 Å². The first-order valence-corrected chi connectivity index (χ1v) is 17.6. The van der Waals surface area contributed by atoms with E-state index in [-0.39, 0.29) is 0 Å². The van der Waals surface area contributed by atoms with Gasteiger partial charge in [0.1, 0.15) is 6.33 Å². The summed E-state index contributed by atoms with van der Waals surface area (Å²) >= 11 is 0. The molecule has 5 nitrogen and oxygen atoms in total. The van der Waals surface area contributed by atoms with Crippen LogP contribution in [0.1, 0.15) is 11.4 Å². The summed E-state index contributed by atoms with van der Waals surface area (Å²) in [5.41, 5.74) is 16.2. The summed E-state index contributed by atoms with van der Waals surface area (Å²) in [6.07, 6.45) is 5.47. The standard InChI is InChI=1S/C47H27N5/c1-24-45(25(2)51-52-50-24)44-20-42-39(41-18-36-31-13-5-9-27-10-6-14-32(47(27)31)37(36)19-43(41)44)15-33(28-21-48-23-49-22-28)38-16-34-29-11-3-7-26-8-4-12-30(46(26)29)35(34)17-40(38)42/h3-23H,1-2H3. The molecule has 0 unspecified atom stereocenters. The first kappa shape index (κ1) is 27.9. The minimum Gasteiger partial charge on any atom is -0.244 e. The SMILES string of the molecule is Cc1nnnc(C)c1-c1cc2c3cc4c(cc3c(-c3cncnc3)cc2c2cc3c(cc12)-c1cccc2cccc-3c12)-c1cccc2cccc-4c12. The molecule has 0 aliphatic heterocycles. The van der Waals surface area contributed by atoms with Crippen molar-refractivity contribution in [3.05, 3.63) is 139 Å². The van der Waals surface area contributed by atoms with Crippen molar-refractivity contribution in [2.75, 3.05) is 0 Å². The minimum atomic E-state index is 0.865. The lowest BCUT2D eigenvalue weighted by Crippen LogP contribution is -2.00. The van der Waals surface area contributed by atoms with E-state index in [9.17, 15) is 0 Å². The average molecular weight is 662 g/mol. The lowest BCUT2D eigenvalue weighted by Gasteiger charge is -2.19. The van der Waals surface area contributed by atoms with Gasteiger partial charge in [-0.15, -0.1) is 10.2 Å². The van der Waals surface area contributed by atoms with Crippen molar-refractivity contribution in [1.29, 1.82) is 0 Å². The summed E-state index contributed by atoms with van der Waals surface area (Å²) in [7, 11) is 0. The van der Waals surface area contributed by atoms with Gasteiger partial charge in [-0.25, -0.2) is 9.97 Å². The molecule has 0 N–H and O–H groups in total. The van der Waals surface area contributed by atoms with E-state index in [1.54, 1.807) is 6.33 Å². The molecule has 0 amide bonds. The van der Waals surface area contributed by atoms with Crippen LogP contribution in [0.2, 0.25) is 0 Å². The minimum absolute atomic E-state index is 0.865. The fraction of sp³-hybridized carbons (Fsp3) is 0.0426. The lowest BCUT2D eigenvalue weighted by atomic mass is 9.84. The molecule has 0 spiro atoms. The van der Waals surface area contributed by atoms with Crippen molar-refractivity contribution < 1.29 is 0 Å². The summed E-state index contributed by atoms with van der Waals surface area (Å²) < 4.78 is 0. The van der Waals surface area contributed by atoms with Crippen LogP contribution in [-0.2, 0) is 0 Å². The second-order valence-electron chi connectivity index (χ2n) is 14.2. The maximum absolute atomic E-state index is 4.48. The zero-order chi connectivity index (χ0) is 34.2. The number of hydrogen-bond donors (Lipinski definition) is 0. The molecule has 0 saturated carbocycles. The molecule has 0 saturated heterocycles. The molecule has 2 aliphatic rings. The van der Waals surface area contributed by atoms with E-state index in [1.807, 2.05) is 26.2 Å². The Kier molecular flexibility index (Phi) is 5.31. The number of hydrogen-bond acceptors (Lipinski definition) is 5. The van der Waals surface area contributed by atoms with Gasteiger partial charge in [-0.05, 0) is 165 Å². The van der Waals surface area contributed by atoms with Crippen LogP contribution in [0.25, 0.3) is 121 Å². The monoisotopic (exact) mass is 661 g/mol. The number of aromatic nitrogens is 5. The van der Waals surface area contributed by atoms with Crippen LogP contribution in [0.5, 0.6) is 0 Å². The normalized spacial score (nSPS) is 12.4. The Hall–Kier alpha value is -6.85. The molecule has 0 bridgehead atoms. The number of nitrogens with zero attached hydrogens (tertiary/aromatic N) is 5. The van der Waals surface area contributed by atoms with E-state index in [2.05, 4.69) is 135 Å². The van der Waals surface area contributed by atoms with Crippen molar-refractivity contribution in [1.82, 2.24) is 25.4 Å². The largest absolute Gasteiger partial charge is 0.244 e. The zero-order valence-electron chi connectivity index (χ0n) is 28.4. The van der Waals surface area contributed by atoms with Crippen molar-refractivity contribution in [2.45, 2.75) is 13.8 Å². The molecule has 2 heterocycles. The molecule has 52 heavy (non-hydrogen) atoms. The van der Waals surface area contributed by atoms with Gasteiger partial charge in [-0.2, -0.15) is 0 Å². The molecule has 0 atom stereocenters. The van der Waals surface area contributed by atoms with Crippen molar-refractivity contribution >= 4 is 53.9 Å². The van der Waals surface area contributed by atoms with Crippen molar-refractivity contribution in [3.63, 3.8) is 0 Å². The smallest absolute Gasteiger partial charge is 0.115 e. The maximum atomic E-state index is 4.48. The molecule has 8 aromatic carbocycles. The third kappa shape index (κ3) is 3.54. The summed E-state index contributed by atoms with van der Waals surface area (Å²) in [6, 6.07) is 41.0. The van der Waals surface area contributed by atoms with Crippen LogP contribution in [0, 0.1) is 13.8 Å². The highest BCUT2D eigenvalue weighted by Gasteiger charge is 2.27. The number of fused-ring (bicyclic) bond motifs is 11. The van der Waals surface area contributed by atoms with Gasteiger partial charge in [-0.3, -0.25) is 0 Å². The molecule has 2 aliphatic carbocycles. The van der Waals surface area contributed by atoms with Crippen LogP contribution in [0.4, 0.5) is 0 Å². The van der Waals surface area contributed by atoms with Gasteiger partial charge in [0.25, 0.3) is 0 Å². The molecule has 12 rings (SSSR count). The highest BCUT2D eigenvalue weighted by atomic mass is 15.3. The molecule has 10 aromatic rings. The molecular formula is C47H27N5. The molecule has 5 heteroatoms. The molecule has 2 aromatic heterocycles. The van der Waals surface area contributed by atoms with Crippen LogP contribution >= 0.6 is 0 Å². The van der Waals surface area contributed by atoms with Gasteiger partial charge >= 0.3 is 0 Å². The fourth-order valence-corrected chi connectivity index (χ4v) is 9.40. The first-order chi connectivity index (χ1) is 25.6. The Morgan fingerprint density at radius 2 is 0.769 bits per heavy atom. The molecular weight excluding hydrogens is 635 g/mol. The van der Waals surface area contributed by atoms with Gasteiger partial charge in [0.15, 0.2) is 0 Å². The summed E-state index contributed by atoms with van der Waals surface area (Å²) in [5, 5.41) is 25.3. The Morgan fingerprint density at radius 3 is 1.25 bits per heavy atom. The third-order valence-electron chi connectivity index (χ3n) is 11.6. The molecule has 0 fully saturated rings. The number of aryl methyl sites for hydroxylation is 2. The van der Waals surface area contributed by atoms with E-state index in [0.29, 0.717) is 0 Å². The van der Waals surface area contributed by atoms with Gasteiger partial charge in [0, 0.05) is 23.5 Å². The predicted octanol–water partition coefficient (Wildman–Crippen LogP) is 11.7. The lowest BCUT2D eigenvalue weighted by molar-refractivity contribution is 0.820. The van der Waals surface area contributed by atoms with Crippen LogP contribution < -0.4 is 0 Å². The van der Waals surface area contributed by atoms with Crippen molar-refractivity contribution in [2.24, 2.45) is 0 Å². The van der Waals surface area contributed by atoms with Gasteiger partial charge in [0.2, 0.25) is 0 Å². The Balaban J connectivity index is 1.29. The second kappa shape index (κ2) is 9.89.